The first-order valence-corrected chi connectivity index (χ1v) is 6.78. The quantitative estimate of drug-likeness (QED) is 0.874. The molecule has 2 unspecified atom stereocenters. The number of aliphatic hydroxyl groups excluding tert-OH is 1. The molecule has 0 fully saturated rings. The predicted molar refractivity (Wildman–Crippen MR) is 74.1 cm³/mol. The number of halogens is 4. The van der Waals surface area contributed by atoms with Crippen molar-refractivity contribution in [1.29, 1.82) is 0 Å². The molecule has 0 aliphatic heterocycles. The van der Waals surface area contributed by atoms with Crippen molar-refractivity contribution >= 4 is 17.5 Å². The molecule has 0 aliphatic carbocycles. The van der Waals surface area contributed by atoms with Crippen molar-refractivity contribution in [2.75, 3.05) is 6.54 Å². The molecular formula is C14H17ClF3NO2. The monoisotopic (exact) mass is 323 g/mol. The van der Waals surface area contributed by atoms with Gasteiger partial charge < -0.3 is 10.4 Å². The molecule has 21 heavy (non-hydrogen) atoms. The van der Waals surface area contributed by atoms with Gasteiger partial charge in [-0.3, -0.25) is 4.79 Å². The molecule has 1 amide bonds. The van der Waals surface area contributed by atoms with Crippen LogP contribution in [0.1, 0.15) is 25.3 Å². The van der Waals surface area contributed by atoms with Gasteiger partial charge in [-0.2, -0.15) is 13.2 Å². The molecule has 0 saturated heterocycles. The second-order valence-electron chi connectivity index (χ2n) is 5.08. The zero-order chi connectivity index (χ0) is 16.2. The Morgan fingerprint density at radius 2 is 1.81 bits per heavy atom. The number of carbonyl (C=O) groups is 1. The van der Waals surface area contributed by atoms with Crippen molar-refractivity contribution < 1.29 is 23.1 Å². The zero-order valence-electron chi connectivity index (χ0n) is 11.6. The summed E-state index contributed by atoms with van der Waals surface area (Å²) < 4.78 is 36.6. The van der Waals surface area contributed by atoms with E-state index < -0.39 is 30.7 Å². The van der Waals surface area contributed by atoms with Gasteiger partial charge in [0.1, 0.15) is 0 Å². The molecule has 0 spiro atoms. The Balaban J connectivity index is 2.78. The lowest BCUT2D eigenvalue weighted by Crippen LogP contribution is -2.42. The molecule has 1 aromatic carbocycles. The third-order valence-corrected chi connectivity index (χ3v) is 3.28. The number of hydrogen-bond acceptors (Lipinski definition) is 2. The van der Waals surface area contributed by atoms with Crippen molar-refractivity contribution in [3.05, 3.63) is 34.9 Å². The van der Waals surface area contributed by atoms with Crippen LogP contribution in [-0.2, 0) is 4.79 Å². The van der Waals surface area contributed by atoms with Gasteiger partial charge in [0.15, 0.2) is 6.10 Å². The molecule has 0 radical (unpaired) electrons. The average molecular weight is 324 g/mol. The summed E-state index contributed by atoms with van der Waals surface area (Å²) in [5, 5.41) is 11.6. The molecule has 118 valence electrons. The van der Waals surface area contributed by atoms with Crippen molar-refractivity contribution in [2.45, 2.75) is 32.0 Å². The predicted octanol–water partition coefficient (Wildman–Crippen LogP) is 3.12. The fraction of sp³-hybridized carbons (Fsp3) is 0.500. The maximum absolute atomic E-state index is 12.2. The number of aliphatic hydroxyl groups is 1. The summed E-state index contributed by atoms with van der Waals surface area (Å²) in [6, 6.07) is 6.55. The van der Waals surface area contributed by atoms with Crippen molar-refractivity contribution in [3.63, 3.8) is 0 Å². The van der Waals surface area contributed by atoms with Gasteiger partial charge in [0.05, 0.1) is 12.5 Å². The van der Waals surface area contributed by atoms with Gasteiger partial charge in [-0.15, -0.1) is 0 Å². The van der Waals surface area contributed by atoms with Crippen LogP contribution in [0, 0.1) is 5.92 Å². The van der Waals surface area contributed by atoms with Crippen LogP contribution < -0.4 is 5.32 Å². The minimum absolute atomic E-state index is 0.116. The molecule has 7 heteroatoms. The van der Waals surface area contributed by atoms with Crippen LogP contribution in [0.15, 0.2) is 24.3 Å². The number of benzene rings is 1. The third-order valence-electron chi connectivity index (χ3n) is 3.03. The lowest BCUT2D eigenvalue weighted by Gasteiger charge is -2.22. The van der Waals surface area contributed by atoms with E-state index >= 15 is 0 Å². The number of carbonyl (C=O) groups excluding carboxylic acids is 1. The van der Waals surface area contributed by atoms with Crippen LogP contribution >= 0.6 is 11.6 Å². The lowest BCUT2D eigenvalue weighted by atomic mass is 9.87. The van der Waals surface area contributed by atoms with Crippen LogP contribution in [-0.4, -0.2) is 29.8 Å². The largest absolute Gasteiger partial charge is 0.416 e. The fourth-order valence-electron chi connectivity index (χ4n) is 1.93. The van der Waals surface area contributed by atoms with Gasteiger partial charge in [-0.05, 0) is 23.6 Å². The van der Waals surface area contributed by atoms with E-state index in [1.165, 1.54) is 0 Å². The van der Waals surface area contributed by atoms with Gasteiger partial charge in [0, 0.05) is 5.02 Å². The van der Waals surface area contributed by atoms with Crippen molar-refractivity contribution in [2.24, 2.45) is 5.92 Å². The first-order chi connectivity index (χ1) is 9.62. The normalized spacial score (nSPS) is 14.9. The maximum atomic E-state index is 12.2. The van der Waals surface area contributed by atoms with E-state index in [9.17, 15) is 18.0 Å². The average Bonchev–Trinajstić information content (AvgIpc) is 2.37. The van der Waals surface area contributed by atoms with Gasteiger partial charge in [-0.25, -0.2) is 0 Å². The summed E-state index contributed by atoms with van der Waals surface area (Å²) in [5.41, 5.74) is 0.661. The van der Waals surface area contributed by atoms with Crippen molar-refractivity contribution in [1.82, 2.24) is 5.32 Å². The first-order valence-electron chi connectivity index (χ1n) is 6.41. The second kappa shape index (κ2) is 7.13. The number of hydrogen-bond donors (Lipinski definition) is 2. The summed E-state index contributed by atoms with van der Waals surface area (Å²) in [4.78, 5) is 12.1. The Kier molecular flexibility index (Phi) is 6.04. The van der Waals surface area contributed by atoms with Crippen LogP contribution in [0.5, 0.6) is 0 Å². The first kappa shape index (κ1) is 17.8. The van der Waals surface area contributed by atoms with Gasteiger partial charge in [-0.1, -0.05) is 37.6 Å². The summed E-state index contributed by atoms with van der Waals surface area (Å²) in [5.74, 6) is -1.28. The summed E-state index contributed by atoms with van der Waals surface area (Å²) >= 11 is 5.77. The number of amides is 1. The summed E-state index contributed by atoms with van der Waals surface area (Å²) in [7, 11) is 0. The van der Waals surface area contributed by atoms with E-state index in [0.717, 1.165) is 0 Å². The van der Waals surface area contributed by atoms with Crippen LogP contribution in [0.25, 0.3) is 0 Å². The summed E-state index contributed by atoms with van der Waals surface area (Å²) in [6.45, 7) is 2.72. The molecule has 3 nitrogen and oxygen atoms in total. The van der Waals surface area contributed by atoms with E-state index in [2.05, 4.69) is 5.32 Å². The Labute approximate surface area is 126 Å². The van der Waals surface area contributed by atoms with Crippen LogP contribution in [0.3, 0.4) is 0 Å². The number of rotatable bonds is 5. The highest BCUT2D eigenvalue weighted by Crippen LogP contribution is 2.26. The molecule has 0 saturated carbocycles. The third kappa shape index (κ3) is 5.21. The molecule has 0 heterocycles. The maximum Gasteiger partial charge on any atom is 0.416 e. The minimum atomic E-state index is -4.75. The van der Waals surface area contributed by atoms with Gasteiger partial charge in [0.2, 0.25) is 5.91 Å². The topological polar surface area (TPSA) is 49.3 Å². The number of alkyl halides is 3. The molecular weight excluding hydrogens is 307 g/mol. The van der Waals surface area contributed by atoms with Crippen LogP contribution in [0.2, 0.25) is 5.02 Å². The second-order valence-corrected chi connectivity index (χ2v) is 5.51. The molecule has 2 atom stereocenters. The molecule has 0 aromatic heterocycles. The Bertz CT molecular complexity index is 474. The molecule has 2 N–H and O–H groups in total. The number of nitrogens with one attached hydrogen (secondary N) is 1. The van der Waals surface area contributed by atoms with E-state index in [4.69, 9.17) is 16.7 Å². The van der Waals surface area contributed by atoms with Crippen molar-refractivity contribution in [3.8, 4) is 0 Å². The standard InChI is InChI=1S/C14H17ClF3NO2/c1-8(2)12(9-3-5-10(15)6-4-9)13(21)19-7-11(20)14(16,17)18/h3-6,8,11-12,20H,7H2,1-2H3,(H,19,21). The molecule has 0 bridgehead atoms. The van der Waals surface area contributed by atoms with E-state index in [-0.39, 0.29) is 5.92 Å². The Morgan fingerprint density at radius 1 is 1.29 bits per heavy atom. The smallest absolute Gasteiger partial charge is 0.382 e. The fourth-order valence-corrected chi connectivity index (χ4v) is 2.06. The molecule has 0 aliphatic rings. The van der Waals surface area contributed by atoms with Crippen LogP contribution in [0.4, 0.5) is 13.2 Å². The minimum Gasteiger partial charge on any atom is -0.382 e. The Morgan fingerprint density at radius 3 is 2.24 bits per heavy atom. The van der Waals surface area contributed by atoms with E-state index in [0.29, 0.717) is 10.6 Å². The summed E-state index contributed by atoms with van der Waals surface area (Å²) in [6.07, 6.45) is -7.32. The molecule has 1 aromatic rings. The van der Waals surface area contributed by atoms with Gasteiger partial charge in [0.25, 0.3) is 0 Å². The highest BCUT2D eigenvalue weighted by molar-refractivity contribution is 6.30. The van der Waals surface area contributed by atoms with E-state index in [1.807, 2.05) is 0 Å². The van der Waals surface area contributed by atoms with E-state index in [1.54, 1.807) is 38.1 Å². The zero-order valence-corrected chi connectivity index (χ0v) is 12.4. The highest BCUT2D eigenvalue weighted by Gasteiger charge is 2.38. The SMILES string of the molecule is CC(C)C(C(=O)NCC(O)C(F)(F)F)c1ccc(Cl)cc1. The lowest BCUT2D eigenvalue weighted by molar-refractivity contribution is -0.201. The molecule has 1 rings (SSSR count). The highest BCUT2D eigenvalue weighted by atomic mass is 35.5. The Hall–Kier alpha value is -1.27. The van der Waals surface area contributed by atoms with Gasteiger partial charge >= 0.3 is 6.18 Å².